The van der Waals surface area contributed by atoms with Crippen molar-refractivity contribution in [2.75, 3.05) is 12.4 Å². The zero-order valence-electron chi connectivity index (χ0n) is 10.5. The molecule has 0 aliphatic rings. The van der Waals surface area contributed by atoms with Crippen LogP contribution in [0.5, 0.6) is 0 Å². The van der Waals surface area contributed by atoms with E-state index >= 15 is 0 Å². The Morgan fingerprint density at radius 3 is 1.21 bits per heavy atom. The van der Waals surface area contributed by atoms with E-state index in [0.717, 1.165) is 0 Å². The Kier molecular flexibility index (Phi) is 6.98. The fraction of sp³-hybridized carbons (Fsp3) is 1.00. The summed E-state index contributed by atoms with van der Waals surface area (Å²) in [5, 5.41) is -6.64. The third kappa shape index (κ3) is 6.85. The van der Waals surface area contributed by atoms with E-state index in [1.807, 2.05) is 0 Å². The van der Waals surface area contributed by atoms with Crippen LogP contribution in [0.2, 0.25) is 0 Å². The molecule has 1 unspecified atom stereocenters. The maximum atomic E-state index is 12.3. The maximum absolute atomic E-state index is 12.3. The van der Waals surface area contributed by atoms with Crippen LogP contribution < -0.4 is 0 Å². The lowest BCUT2D eigenvalue weighted by atomic mass is 10.3. The quantitative estimate of drug-likeness (QED) is 0.270. The summed E-state index contributed by atoms with van der Waals surface area (Å²) in [6.07, 6.45) is -25.2. The summed E-state index contributed by atoms with van der Waals surface area (Å²) < 4.78 is 147. The third-order valence-electron chi connectivity index (χ3n) is 1.92. The first-order valence-corrected chi connectivity index (χ1v) is 5.94. The van der Waals surface area contributed by atoms with Crippen molar-refractivity contribution in [2.45, 2.75) is 30.3 Å². The first kappa shape index (κ1) is 23.6. The Morgan fingerprint density at radius 1 is 0.667 bits per heavy atom. The molecule has 0 aromatic heterocycles. The molecule has 0 fully saturated rings. The summed E-state index contributed by atoms with van der Waals surface area (Å²) in [6, 6.07) is 0. The summed E-state index contributed by atoms with van der Waals surface area (Å²) in [7, 11) is 0. The third-order valence-corrected chi connectivity index (χ3v) is 2.81. The predicted octanol–water partition coefficient (Wildman–Crippen LogP) is 4.78. The number of hydrogen-bond acceptors (Lipinski definition) is 3. The molecule has 24 heavy (non-hydrogen) atoms. The van der Waals surface area contributed by atoms with E-state index in [-0.39, 0.29) is 0 Å². The van der Waals surface area contributed by atoms with E-state index in [1.165, 1.54) is 0 Å². The van der Waals surface area contributed by atoms with Gasteiger partial charge in [0.25, 0.3) is 0 Å². The smallest absolute Gasteiger partial charge is 0.258 e. The van der Waals surface area contributed by atoms with Crippen molar-refractivity contribution < 1.29 is 57.5 Å². The monoisotopic (exact) mass is 430 g/mol. The van der Waals surface area contributed by atoms with Gasteiger partial charge in [0.15, 0.2) is 5.06 Å². The zero-order chi connectivity index (χ0) is 19.8. The van der Waals surface area contributed by atoms with E-state index < -0.39 is 52.6 Å². The second-order valence-corrected chi connectivity index (χ2v) is 4.82. The van der Waals surface area contributed by atoms with Crippen LogP contribution in [0.25, 0.3) is 0 Å². The molecule has 0 rings (SSSR count). The van der Waals surface area contributed by atoms with Crippen molar-refractivity contribution in [3.8, 4) is 0 Å². The number of alkyl halides is 14. The molecule has 0 saturated heterocycles. The lowest BCUT2D eigenvalue weighted by Gasteiger charge is -2.37. The highest BCUT2D eigenvalue weighted by Gasteiger charge is 2.61. The maximum Gasteiger partial charge on any atom is 0.490 e. The highest BCUT2D eigenvalue weighted by atomic mass is 35.5. The van der Waals surface area contributed by atoms with Crippen LogP contribution in [0, 0.1) is 0 Å². The average molecular weight is 431 g/mol. The lowest BCUT2D eigenvalue weighted by Crippen LogP contribution is -2.59. The topological polar surface area (TPSA) is 15.7 Å². The molecule has 0 amide bonds. The molecular formula is C7H4Cl2F12N2O. The summed E-state index contributed by atoms with van der Waals surface area (Å²) in [4.78, 5) is 0.724. The molecule has 0 bridgehead atoms. The standard InChI is InChI=1S/C7H4Cl2F12N2O/c8-1-3(9,2-22(4(10,11)12)5(13,14)15)24-23(6(16,17)18)7(19,20)21/h1-2H2. The van der Waals surface area contributed by atoms with Crippen LogP contribution >= 0.6 is 23.2 Å². The Hall–Kier alpha value is -0.380. The second-order valence-electron chi connectivity index (χ2n) is 3.86. The Labute approximate surface area is 134 Å². The fourth-order valence-corrected chi connectivity index (χ4v) is 1.39. The predicted molar refractivity (Wildman–Crippen MR) is 53.2 cm³/mol. The van der Waals surface area contributed by atoms with E-state index in [9.17, 15) is 52.7 Å². The second kappa shape index (κ2) is 7.09. The van der Waals surface area contributed by atoms with Gasteiger partial charge in [-0.05, 0) is 0 Å². The van der Waals surface area contributed by atoms with Gasteiger partial charge >= 0.3 is 25.2 Å². The first-order chi connectivity index (χ1) is 10.2. The Morgan fingerprint density at radius 2 is 1.00 bits per heavy atom. The van der Waals surface area contributed by atoms with Crippen molar-refractivity contribution in [3.63, 3.8) is 0 Å². The van der Waals surface area contributed by atoms with Gasteiger partial charge in [0, 0.05) is 5.06 Å². The van der Waals surface area contributed by atoms with Crippen molar-refractivity contribution in [3.05, 3.63) is 0 Å². The van der Waals surface area contributed by atoms with Crippen LogP contribution in [0.15, 0.2) is 0 Å². The van der Waals surface area contributed by atoms with Gasteiger partial charge in [0.05, 0.1) is 12.4 Å². The SMILES string of the molecule is FC(F)(F)N(CC(Cl)(CCl)ON(C(F)(F)F)C(F)(F)F)C(F)(F)F. The van der Waals surface area contributed by atoms with Gasteiger partial charge in [-0.3, -0.25) is 4.84 Å². The van der Waals surface area contributed by atoms with Gasteiger partial charge in [-0.25, -0.2) is 0 Å². The minimum Gasteiger partial charge on any atom is -0.258 e. The van der Waals surface area contributed by atoms with Gasteiger partial charge in [-0.1, -0.05) is 11.6 Å². The average Bonchev–Trinajstić information content (AvgIpc) is 2.27. The Bertz CT molecular complexity index is 354. The molecule has 0 heterocycles. The lowest BCUT2D eigenvalue weighted by molar-refractivity contribution is -0.498. The van der Waals surface area contributed by atoms with E-state index in [0.29, 0.717) is 0 Å². The molecule has 0 aromatic carbocycles. The van der Waals surface area contributed by atoms with Gasteiger partial charge in [-0.15, -0.1) is 16.5 Å². The number of rotatable bonds is 5. The van der Waals surface area contributed by atoms with Gasteiger partial charge in [0.2, 0.25) is 0 Å². The molecule has 1 atom stereocenters. The molecule has 0 saturated carbocycles. The van der Waals surface area contributed by atoms with E-state index in [4.69, 9.17) is 23.2 Å². The molecule has 0 N–H and O–H groups in total. The molecule has 0 aliphatic carbocycles. The van der Waals surface area contributed by atoms with Gasteiger partial charge in [-0.2, -0.15) is 52.7 Å². The minimum atomic E-state index is -6.38. The molecule has 17 heteroatoms. The summed E-state index contributed by atoms with van der Waals surface area (Å²) in [6.45, 7) is -2.71. The van der Waals surface area contributed by atoms with Crippen LogP contribution in [0.4, 0.5) is 52.7 Å². The molecule has 0 aromatic rings. The summed E-state index contributed by atoms with van der Waals surface area (Å²) >= 11 is 9.72. The normalized spacial score (nSPS) is 17.5. The fourth-order valence-electron chi connectivity index (χ4n) is 1.07. The first-order valence-electron chi connectivity index (χ1n) is 5.03. The van der Waals surface area contributed by atoms with E-state index in [2.05, 4.69) is 4.84 Å². The molecule has 0 aliphatic heterocycles. The number of nitrogens with zero attached hydrogens (tertiary/aromatic N) is 2. The van der Waals surface area contributed by atoms with E-state index in [1.54, 1.807) is 0 Å². The highest BCUT2D eigenvalue weighted by molar-refractivity contribution is 6.30. The van der Waals surface area contributed by atoms with Gasteiger partial charge in [0.1, 0.15) is 0 Å². The zero-order valence-corrected chi connectivity index (χ0v) is 12.0. The van der Waals surface area contributed by atoms with Crippen molar-refractivity contribution >= 4 is 23.2 Å². The van der Waals surface area contributed by atoms with Crippen LogP contribution in [0.3, 0.4) is 0 Å². The minimum absolute atomic E-state index is 1.79. The van der Waals surface area contributed by atoms with Gasteiger partial charge < -0.3 is 0 Å². The number of hydrogen-bond donors (Lipinski definition) is 0. The molecule has 146 valence electrons. The van der Waals surface area contributed by atoms with Crippen LogP contribution in [-0.2, 0) is 4.84 Å². The Balaban J connectivity index is 5.69. The largest absolute Gasteiger partial charge is 0.490 e. The van der Waals surface area contributed by atoms with Crippen molar-refractivity contribution in [2.24, 2.45) is 0 Å². The molecule has 3 nitrogen and oxygen atoms in total. The van der Waals surface area contributed by atoms with Crippen LogP contribution in [0.1, 0.15) is 0 Å². The van der Waals surface area contributed by atoms with Crippen molar-refractivity contribution in [1.82, 2.24) is 9.96 Å². The summed E-state index contributed by atoms with van der Waals surface area (Å²) in [5.41, 5.74) is 0. The molecule has 0 radical (unpaired) electrons. The molecular weight excluding hydrogens is 427 g/mol. The summed E-state index contributed by atoms with van der Waals surface area (Å²) in [5.74, 6) is -1.79. The highest BCUT2D eigenvalue weighted by Crippen LogP contribution is 2.41. The van der Waals surface area contributed by atoms with Crippen LogP contribution in [-0.4, -0.2) is 52.6 Å². The number of hydroxylamine groups is 2. The molecule has 0 spiro atoms. The van der Waals surface area contributed by atoms with Crippen molar-refractivity contribution in [1.29, 1.82) is 0 Å². The number of halogens is 14.